The van der Waals surface area contributed by atoms with Gasteiger partial charge in [-0.25, -0.2) is 9.59 Å². The molecule has 1 aromatic carbocycles. The van der Waals surface area contributed by atoms with Crippen molar-refractivity contribution in [1.82, 2.24) is 4.90 Å². The van der Waals surface area contributed by atoms with Gasteiger partial charge in [0.1, 0.15) is 6.10 Å². The molecule has 0 spiro atoms. The van der Waals surface area contributed by atoms with Crippen LogP contribution >= 0.6 is 0 Å². The van der Waals surface area contributed by atoms with Gasteiger partial charge in [-0.1, -0.05) is 43.7 Å². The molecule has 0 unspecified atom stereocenters. The van der Waals surface area contributed by atoms with Crippen LogP contribution in [0, 0.1) is 0 Å². The topological polar surface area (TPSA) is 66.8 Å². The molecule has 1 heterocycles. The van der Waals surface area contributed by atoms with Gasteiger partial charge in [-0.15, -0.1) is 0 Å². The van der Waals surface area contributed by atoms with Crippen LogP contribution in [0.2, 0.25) is 0 Å². The highest BCUT2D eigenvalue weighted by Gasteiger charge is 2.47. The SMILES string of the molecule is CC[C@@H]1OC(=O)[C@@H]1N(CCCCCc1ccccc1)C(=O)O. The number of benzene rings is 1. The molecular weight excluding hydrogens is 282 g/mol. The number of amides is 1. The van der Waals surface area contributed by atoms with E-state index in [0.717, 1.165) is 25.7 Å². The third-order valence-electron chi connectivity index (χ3n) is 4.05. The minimum absolute atomic E-state index is 0.284. The van der Waals surface area contributed by atoms with E-state index in [4.69, 9.17) is 4.74 Å². The van der Waals surface area contributed by atoms with Gasteiger partial charge in [0.2, 0.25) is 0 Å². The molecule has 0 bridgehead atoms. The van der Waals surface area contributed by atoms with Gasteiger partial charge < -0.3 is 9.84 Å². The molecule has 0 aromatic heterocycles. The third-order valence-corrected chi connectivity index (χ3v) is 4.05. The number of carbonyl (C=O) groups excluding carboxylic acids is 1. The van der Waals surface area contributed by atoms with E-state index in [2.05, 4.69) is 12.1 Å². The highest BCUT2D eigenvalue weighted by atomic mass is 16.6. The molecule has 5 heteroatoms. The molecule has 1 aromatic rings. The Kier molecular flexibility index (Phi) is 5.81. The van der Waals surface area contributed by atoms with Crippen molar-refractivity contribution >= 4 is 12.1 Å². The molecule has 1 fully saturated rings. The van der Waals surface area contributed by atoms with Crippen LogP contribution in [0.5, 0.6) is 0 Å². The van der Waals surface area contributed by atoms with Crippen LogP contribution in [-0.2, 0) is 16.0 Å². The summed E-state index contributed by atoms with van der Waals surface area (Å²) in [6.07, 6.45) is 3.04. The molecule has 1 aliphatic heterocycles. The van der Waals surface area contributed by atoms with Crippen LogP contribution in [0.3, 0.4) is 0 Å². The number of ether oxygens (including phenoxy) is 1. The maximum absolute atomic E-state index is 11.5. The van der Waals surface area contributed by atoms with Crippen molar-refractivity contribution in [3.8, 4) is 0 Å². The summed E-state index contributed by atoms with van der Waals surface area (Å²) >= 11 is 0. The van der Waals surface area contributed by atoms with Crippen LogP contribution in [0.1, 0.15) is 38.2 Å². The quantitative estimate of drug-likeness (QED) is 0.592. The predicted molar refractivity (Wildman–Crippen MR) is 82.7 cm³/mol. The summed E-state index contributed by atoms with van der Waals surface area (Å²) in [7, 11) is 0. The molecule has 1 saturated heterocycles. The second kappa shape index (κ2) is 7.82. The standard InChI is InChI=1S/C17H23NO4/c1-2-14-15(16(19)22-14)18(17(20)21)12-8-4-7-11-13-9-5-3-6-10-13/h3,5-6,9-10,14-15H,2,4,7-8,11-12H2,1H3,(H,20,21)/t14-,15+/m0/s1. The lowest BCUT2D eigenvalue weighted by Gasteiger charge is -2.40. The lowest BCUT2D eigenvalue weighted by molar-refractivity contribution is -0.186. The molecule has 0 saturated carbocycles. The molecule has 0 radical (unpaired) electrons. The Bertz CT molecular complexity index is 503. The number of cyclic esters (lactones) is 1. The van der Waals surface area contributed by atoms with Crippen LogP contribution in [0.4, 0.5) is 4.79 Å². The Morgan fingerprint density at radius 1 is 1.23 bits per heavy atom. The third kappa shape index (κ3) is 4.00. The number of carbonyl (C=O) groups is 2. The first-order valence-electron chi connectivity index (χ1n) is 7.87. The van der Waals surface area contributed by atoms with Gasteiger partial charge >= 0.3 is 12.1 Å². The maximum Gasteiger partial charge on any atom is 0.408 e. The highest BCUT2D eigenvalue weighted by molar-refractivity contribution is 5.86. The van der Waals surface area contributed by atoms with E-state index >= 15 is 0 Å². The Hall–Kier alpha value is -2.04. The Morgan fingerprint density at radius 2 is 1.95 bits per heavy atom. The lowest BCUT2D eigenvalue weighted by Crippen LogP contribution is -2.61. The molecule has 1 aliphatic rings. The zero-order chi connectivity index (χ0) is 15.9. The minimum Gasteiger partial charge on any atom is -0.465 e. The second-order valence-electron chi connectivity index (χ2n) is 5.60. The van der Waals surface area contributed by atoms with Crippen molar-refractivity contribution in [2.75, 3.05) is 6.54 Å². The van der Waals surface area contributed by atoms with Crippen molar-refractivity contribution in [1.29, 1.82) is 0 Å². The number of carboxylic acid groups (broad SMARTS) is 1. The number of esters is 1. The van der Waals surface area contributed by atoms with E-state index in [0.29, 0.717) is 13.0 Å². The van der Waals surface area contributed by atoms with E-state index in [1.54, 1.807) is 0 Å². The van der Waals surface area contributed by atoms with Crippen LogP contribution in [0.15, 0.2) is 30.3 Å². The monoisotopic (exact) mass is 305 g/mol. The molecule has 1 amide bonds. The summed E-state index contributed by atoms with van der Waals surface area (Å²) in [5.74, 6) is -0.418. The fourth-order valence-corrected chi connectivity index (χ4v) is 2.78. The minimum atomic E-state index is -1.04. The Morgan fingerprint density at radius 3 is 2.55 bits per heavy atom. The van der Waals surface area contributed by atoms with Gasteiger partial charge in [0.15, 0.2) is 6.04 Å². The van der Waals surface area contributed by atoms with Crippen LogP contribution in [-0.4, -0.2) is 40.8 Å². The fourth-order valence-electron chi connectivity index (χ4n) is 2.78. The van der Waals surface area contributed by atoms with E-state index < -0.39 is 18.1 Å². The van der Waals surface area contributed by atoms with Crippen LogP contribution in [0.25, 0.3) is 0 Å². The molecule has 22 heavy (non-hydrogen) atoms. The van der Waals surface area contributed by atoms with Crippen molar-refractivity contribution in [2.45, 2.75) is 51.2 Å². The molecular formula is C17H23NO4. The zero-order valence-electron chi connectivity index (χ0n) is 12.9. The van der Waals surface area contributed by atoms with Gasteiger partial charge in [-0.3, -0.25) is 4.90 Å². The normalized spacial score (nSPS) is 20.1. The number of rotatable bonds is 8. The second-order valence-corrected chi connectivity index (χ2v) is 5.60. The molecule has 2 rings (SSSR count). The maximum atomic E-state index is 11.5. The van der Waals surface area contributed by atoms with Gasteiger partial charge in [0, 0.05) is 6.54 Å². The summed E-state index contributed by atoms with van der Waals surface area (Å²) in [6, 6.07) is 9.62. The Labute approximate surface area is 130 Å². The summed E-state index contributed by atoms with van der Waals surface area (Å²) < 4.78 is 4.97. The number of hydrogen-bond donors (Lipinski definition) is 1. The molecule has 0 aliphatic carbocycles. The number of nitrogens with zero attached hydrogens (tertiary/aromatic N) is 1. The van der Waals surface area contributed by atoms with Crippen molar-refractivity contribution in [3.63, 3.8) is 0 Å². The Balaban J connectivity index is 1.73. The molecule has 5 nitrogen and oxygen atoms in total. The van der Waals surface area contributed by atoms with Gasteiger partial charge in [0.25, 0.3) is 0 Å². The van der Waals surface area contributed by atoms with Gasteiger partial charge in [-0.2, -0.15) is 0 Å². The predicted octanol–water partition coefficient (Wildman–Crippen LogP) is 3.08. The van der Waals surface area contributed by atoms with Crippen LogP contribution < -0.4 is 0 Å². The average molecular weight is 305 g/mol. The summed E-state index contributed by atoms with van der Waals surface area (Å²) in [4.78, 5) is 24.1. The summed E-state index contributed by atoms with van der Waals surface area (Å²) in [6.45, 7) is 2.28. The fraction of sp³-hybridized carbons (Fsp3) is 0.529. The zero-order valence-corrected chi connectivity index (χ0v) is 12.9. The van der Waals surface area contributed by atoms with Crippen molar-refractivity contribution in [3.05, 3.63) is 35.9 Å². The summed E-state index contributed by atoms with van der Waals surface area (Å²) in [5, 5.41) is 9.29. The van der Waals surface area contributed by atoms with E-state index in [-0.39, 0.29) is 6.10 Å². The molecule has 1 N–H and O–H groups in total. The molecule has 2 atom stereocenters. The van der Waals surface area contributed by atoms with E-state index in [1.165, 1.54) is 10.5 Å². The number of aryl methyl sites for hydroxylation is 1. The number of unbranched alkanes of at least 4 members (excludes halogenated alkanes) is 2. The van der Waals surface area contributed by atoms with E-state index in [1.807, 2.05) is 25.1 Å². The molecule has 120 valence electrons. The first-order valence-corrected chi connectivity index (χ1v) is 7.87. The number of hydrogen-bond acceptors (Lipinski definition) is 3. The van der Waals surface area contributed by atoms with E-state index in [9.17, 15) is 14.7 Å². The smallest absolute Gasteiger partial charge is 0.408 e. The first-order chi connectivity index (χ1) is 10.6. The largest absolute Gasteiger partial charge is 0.465 e. The van der Waals surface area contributed by atoms with Gasteiger partial charge in [0.05, 0.1) is 0 Å². The first kappa shape index (κ1) is 16.3. The summed E-state index contributed by atoms with van der Waals surface area (Å²) in [5.41, 5.74) is 1.30. The van der Waals surface area contributed by atoms with Crippen molar-refractivity contribution < 1.29 is 19.4 Å². The lowest BCUT2D eigenvalue weighted by atomic mass is 10.0. The highest BCUT2D eigenvalue weighted by Crippen LogP contribution is 2.24. The van der Waals surface area contributed by atoms with Gasteiger partial charge in [-0.05, 0) is 31.2 Å². The van der Waals surface area contributed by atoms with Crippen molar-refractivity contribution in [2.24, 2.45) is 0 Å². The average Bonchev–Trinajstić information content (AvgIpc) is 2.51.